The molecule has 5 heteroatoms. The molecule has 3 nitrogen and oxygen atoms in total. The van der Waals surface area contributed by atoms with Crippen LogP contribution in [0.25, 0.3) is 21.7 Å². The lowest BCUT2D eigenvalue weighted by Gasteiger charge is -2.17. The van der Waals surface area contributed by atoms with Gasteiger partial charge in [0.1, 0.15) is 10.2 Å². The average Bonchev–Trinajstić information content (AvgIpc) is 2.85. The van der Waals surface area contributed by atoms with Crippen LogP contribution in [0.2, 0.25) is 5.02 Å². The molecular formula is C17H14ClNO2S. The number of hydrogen-bond acceptors (Lipinski definition) is 4. The van der Waals surface area contributed by atoms with E-state index < -0.39 is 0 Å². The normalized spacial score (nSPS) is 17.6. The highest BCUT2D eigenvalue weighted by molar-refractivity contribution is 7.18. The molecule has 0 fully saturated rings. The van der Waals surface area contributed by atoms with Gasteiger partial charge in [0.05, 0.1) is 10.6 Å². The monoisotopic (exact) mass is 331 g/mol. The van der Waals surface area contributed by atoms with E-state index in [4.69, 9.17) is 16.0 Å². The quantitative estimate of drug-likeness (QED) is 0.649. The molecule has 0 N–H and O–H groups in total. The molecule has 1 aliphatic carbocycles. The van der Waals surface area contributed by atoms with Gasteiger partial charge in [0, 0.05) is 4.88 Å². The Morgan fingerprint density at radius 2 is 2.18 bits per heavy atom. The van der Waals surface area contributed by atoms with E-state index in [0.29, 0.717) is 27.8 Å². The van der Waals surface area contributed by atoms with Gasteiger partial charge in [0.2, 0.25) is 5.89 Å². The zero-order chi connectivity index (χ0) is 15.3. The zero-order valence-electron chi connectivity index (χ0n) is 12.1. The molecule has 2 heterocycles. The van der Waals surface area contributed by atoms with Gasteiger partial charge in [-0.2, -0.15) is 0 Å². The van der Waals surface area contributed by atoms with Crippen LogP contribution in [-0.4, -0.2) is 4.98 Å². The molecule has 0 radical (unpaired) electrons. The van der Waals surface area contributed by atoms with Gasteiger partial charge in [0.25, 0.3) is 0 Å². The van der Waals surface area contributed by atoms with Crippen molar-refractivity contribution in [2.45, 2.75) is 26.2 Å². The number of halogens is 1. The molecular weight excluding hydrogens is 318 g/mol. The number of hydrogen-bond donors (Lipinski definition) is 0. The van der Waals surface area contributed by atoms with Crippen LogP contribution >= 0.6 is 22.9 Å². The van der Waals surface area contributed by atoms with Crippen molar-refractivity contribution in [2.24, 2.45) is 5.92 Å². The summed E-state index contributed by atoms with van der Waals surface area (Å²) in [5, 5.41) is 1.20. The van der Waals surface area contributed by atoms with Crippen LogP contribution in [0.3, 0.4) is 0 Å². The van der Waals surface area contributed by atoms with Crippen molar-refractivity contribution >= 4 is 33.2 Å². The Labute approximate surface area is 136 Å². The summed E-state index contributed by atoms with van der Waals surface area (Å²) in [5.41, 5.74) is 1.50. The summed E-state index contributed by atoms with van der Waals surface area (Å²) in [7, 11) is 0. The fourth-order valence-electron chi connectivity index (χ4n) is 3.03. The van der Waals surface area contributed by atoms with E-state index in [1.165, 1.54) is 4.88 Å². The Bertz CT molecular complexity index is 928. The molecule has 1 atom stereocenters. The van der Waals surface area contributed by atoms with Crippen LogP contribution in [0, 0.1) is 5.92 Å². The van der Waals surface area contributed by atoms with Crippen molar-refractivity contribution in [2.75, 3.05) is 0 Å². The minimum atomic E-state index is -0.299. The van der Waals surface area contributed by atoms with E-state index in [2.05, 4.69) is 11.9 Å². The highest BCUT2D eigenvalue weighted by Crippen LogP contribution is 2.37. The number of aromatic nitrogens is 1. The fraction of sp³-hybridized carbons (Fsp3) is 0.294. The largest absolute Gasteiger partial charge is 0.403 e. The molecule has 1 aromatic carbocycles. The van der Waals surface area contributed by atoms with Crippen LogP contribution < -0.4 is 5.63 Å². The van der Waals surface area contributed by atoms with Crippen LogP contribution in [0.1, 0.15) is 23.8 Å². The van der Waals surface area contributed by atoms with E-state index in [1.807, 2.05) is 18.2 Å². The van der Waals surface area contributed by atoms with Crippen molar-refractivity contribution in [1.82, 2.24) is 4.98 Å². The summed E-state index contributed by atoms with van der Waals surface area (Å²) in [6, 6.07) is 7.28. The zero-order valence-corrected chi connectivity index (χ0v) is 13.6. The number of benzene rings is 1. The van der Waals surface area contributed by atoms with Gasteiger partial charge >= 0.3 is 5.63 Å². The highest BCUT2D eigenvalue weighted by Gasteiger charge is 2.24. The highest BCUT2D eigenvalue weighted by atomic mass is 35.5. The molecule has 2 aromatic heterocycles. The predicted octanol–water partition coefficient (Wildman–Crippen LogP) is 4.69. The first-order valence-electron chi connectivity index (χ1n) is 7.34. The minimum absolute atomic E-state index is 0.299. The number of aryl methyl sites for hydroxylation is 1. The molecule has 22 heavy (non-hydrogen) atoms. The Balaban J connectivity index is 1.95. The van der Waals surface area contributed by atoms with Gasteiger partial charge in [-0.25, -0.2) is 9.78 Å². The van der Waals surface area contributed by atoms with Gasteiger partial charge in [-0.3, -0.25) is 0 Å². The van der Waals surface area contributed by atoms with E-state index in [0.717, 1.165) is 29.7 Å². The van der Waals surface area contributed by atoms with Crippen molar-refractivity contribution < 1.29 is 4.42 Å². The SMILES string of the molecule is CC1CCc2c(sc3nc(-c4ccccc4Cl)oc(=O)c23)C1. The Morgan fingerprint density at radius 1 is 1.36 bits per heavy atom. The average molecular weight is 332 g/mol. The molecule has 112 valence electrons. The molecule has 3 aromatic rings. The third kappa shape index (κ3) is 2.18. The summed E-state index contributed by atoms with van der Waals surface area (Å²) in [6.07, 6.45) is 3.08. The maximum absolute atomic E-state index is 12.5. The molecule has 0 saturated heterocycles. The van der Waals surface area contributed by atoms with Crippen molar-refractivity contribution in [3.8, 4) is 11.5 Å². The van der Waals surface area contributed by atoms with Gasteiger partial charge in [-0.15, -0.1) is 11.3 Å². The van der Waals surface area contributed by atoms with Gasteiger partial charge in [-0.1, -0.05) is 30.7 Å². The summed E-state index contributed by atoms with van der Waals surface area (Å²) in [5.74, 6) is 0.963. The van der Waals surface area contributed by atoms with Crippen molar-refractivity contribution in [1.29, 1.82) is 0 Å². The van der Waals surface area contributed by atoms with Crippen molar-refractivity contribution in [3.63, 3.8) is 0 Å². The van der Waals surface area contributed by atoms with Gasteiger partial charge < -0.3 is 4.42 Å². The minimum Gasteiger partial charge on any atom is -0.403 e. The molecule has 1 unspecified atom stereocenters. The van der Waals surface area contributed by atoms with E-state index in [-0.39, 0.29) is 5.63 Å². The molecule has 4 rings (SSSR count). The van der Waals surface area contributed by atoms with Gasteiger partial charge in [0.15, 0.2) is 0 Å². The third-order valence-electron chi connectivity index (χ3n) is 4.19. The molecule has 0 bridgehead atoms. The van der Waals surface area contributed by atoms with Crippen LogP contribution in [0.15, 0.2) is 33.5 Å². The standard InChI is InChI=1S/C17H14ClNO2S/c1-9-6-7-11-13(8-9)22-16-14(11)17(20)21-15(19-16)10-4-2-3-5-12(10)18/h2-5,9H,6-8H2,1H3. The number of thiophene rings is 1. The summed E-state index contributed by atoms with van der Waals surface area (Å²) < 4.78 is 5.46. The number of nitrogens with zero attached hydrogens (tertiary/aromatic N) is 1. The maximum atomic E-state index is 12.5. The van der Waals surface area contributed by atoms with Crippen LogP contribution in [0.5, 0.6) is 0 Å². The maximum Gasteiger partial charge on any atom is 0.348 e. The first-order chi connectivity index (χ1) is 10.6. The fourth-order valence-corrected chi connectivity index (χ4v) is 4.61. The summed E-state index contributed by atoms with van der Waals surface area (Å²) in [4.78, 5) is 19.1. The molecule has 1 aliphatic rings. The first kappa shape index (κ1) is 14.0. The van der Waals surface area contributed by atoms with Crippen LogP contribution in [-0.2, 0) is 12.8 Å². The van der Waals surface area contributed by atoms with Gasteiger partial charge in [-0.05, 0) is 42.9 Å². The summed E-state index contributed by atoms with van der Waals surface area (Å²) >= 11 is 7.80. The van der Waals surface area contributed by atoms with Crippen LogP contribution in [0.4, 0.5) is 0 Å². The molecule has 0 amide bonds. The molecule has 0 aliphatic heterocycles. The number of rotatable bonds is 1. The second kappa shape index (κ2) is 5.21. The van der Waals surface area contributed by atoms with E-state index in [9.17, 15) is 4.79 Å². The predicted molar refractivity (Wildman–Crippen MR) is 89.8 cm³/mol. The Hall–Kier alpha value is -1.65. The smallest absolute Gasteiger partial charge is 0.348 e. The second-order valence-electron chi connectivity index (χ2n) is 5.82. The first-order valence-corrected chi connectivity index (χ1v) is 8.53. The van der Waals surface area contributed by atoms with Crippen molar-refractivity contribution in [3.05, 3.63) is 50.1 Å². The molecule has 0 spiro atoms. The second-order valence-corrected chi connectivity index (χ2v) is 7.31. The molecule has 0 saturated carbocycles. The van der Waals surface area contributed by atoms with E-state index in [1.54, 1.807) is 17.4 Å². The Morgan fingerprint density at radius 3 is 3.00 bits per heavy atom. The Kier molecular flexibility index (Phi) is 3.31. The lowest BCUT2D eigenvalue weighted by Crippen LogP contribution is -2.11. The lowest BCUT2D eigenvalue weighted by molar-refractivity contribution is 0.503. The number of fused-ring (bicyclic) bond motifs is 3. The lowest BCUT2D eigenvalue weighted by atomic mass is 9.89. The third-order valence-corrected chi connectivity index (χ3v) is 5.67. The topological polar surface area (TPSA) is 43.1 Å². The summed E-state index contributed by atoms with van der Waals surface area (Å²) in [6.45, 7) is 2.25. The van der Waals surface area contributed by atoms with E-state index >= 15 is 0 Å².